The molecular weight excluding hydrogens is 284 g/mol. The van der Waals surface area contributed by atoms with Crippen molar-refractivity contribution in [1.82, 2.24) is 14.7 Å². The van der Waals surface area contributed by atoms with Crippen LogP contribution in [0.4, 0.5) is 0 Å². The van der Waals surface area contributed by atoms with Gasteiger partial charge in [-0.3, -0.25) is 9.58 Å². The predicted molar refractivity (Wildman–Crippen MR) is 94.4 cm³/mol. The lowest BCUT2D eigenvalue weighted by molar-refractivity contribution is 0.317. The van der Waals surface area contributed by atoms with Crippen molar-refractivity contribution in [3.05, 3.63) is 52.3 Å². The molecule has 1 aliphatic heterocycles. The van der Waals surface area contributed by atoms with Crippen LogP contribution in [0.25, 0.3) is 0 Å². The van der Waals surface area contributed by atoms with E-state index < -0.39 is 0 Å². The van der Waals surface area contributed by atoms with Crippen LogP contribution in [0.2, 0.25) is 0 Å². The van der Waals surface area contributed by atoms with E-state index in [2.05, 4.69) is 61.5 Å². The quantitative estimate of drug-likeness (QED) is 0.944. The molecule has 124 valence electrons. The second-order valence-corrected chi connectivity index (χ2v) is 7.13. The Morgan fingerprint density at radius 2 is 1.78 bits per heavy atom. The predicted octanol–water partition coefficient (Wildman–Crippen LogP) is 2.64. The van der Waals surface area contributed by atoms with Crippen LogP contribution < -0.4 is 5.73 Å². The van der Waals surface area contributed by atoms with E-state index >= 15 is 0 Å². The van der Waals surface area contributed by atoms with Crippen molar-refractivity contribution in [2.24, 2.45) is 11.7 Å². The van der Waals surface area contributed by atoms with Gasteiger partial charge in [-0.15, -0.1) is 0 Å². The second kappa shape index (κ2) is 6.46. The van der Waals surface area contributed by atoms with Gasteiger partial charge in [-0.05, 0) is 32.3 Å². The Labute approximate surface area is 139 Å². The second-order valence-electron chi connectivity index (χ2n) is 7.13. The maximum atomic E-state index is 6.16. The minimum absolute atomic E-state index is 0.304. The maximum absolute atomic E-state index is 6.16. The smallest absolute Gasteiger partial charge is 0.0662 e. The first-order chi connectivity index (χ1) is 10.9. The average Bonchev–Trinajstić information content (AvgIpc) is 2.96. The third-order valence-corrected chi connectivity index (χ3v) is 5.11. The van der Waals surface area contributed by atoms with Crippen molar-refractivity contribution < 1.29 is 0 Å². The Morgan fingerprint density at radius 1 is 1.09 bits per heavy atom. The molecule has 1 aromatic carbocycles. The van der Waals surface area contributed by atoms with E-state index in [0.29, 0.717) is 12.0 Å². The topological polar surface area (TPSA) is 47.1 Å². The van der Waals surface area contributed by atoms with Gasteiger partial charge in [0.1, 0.15) is 0 Å². The Hall–Kier alpha value is -1.65. The molecule has 2 aromatic rings. The lowest BCUT2D eigenvalue weighted by atomic mass is 10.1. The summed E-state index contributed by atoms with van der Waals surface area (Å²) in [6.45, 7) is 12.5. The number of hydrogen-bond donors (Lipinski definition) is 1. The van der Waals surface area contributed by atoms with E-state index in [1.807, 2.05) is 0 Å². The van der Waals surface area contributed by atoms with E-state index in [9.17, 15) is 0 Å². The monoisotopic (exact) mass is 312 g/mol. The summed E-state index contributed by atoms with van der Waals surface area (Å²) in [6, 6.07) is 9.00. The fraction of sp³-hybridized carbons (Fsp3) is 0.526. The third-order valence-electron chi connectivity index (χ3n) is 5.11. The molecule has 0 aliphatic carbocycles. The summed E-state index contributed by atoms with van der Waals surface area (Å²) in [5, 5.41) is 4.77. The molecule has 0 bridgehead atoms. The Morgan fingerprint density at radius 3 is 2.39 bits per heavy atom. The molecule has 1 aromatic heterocycles. The van der Waals surface area contributed by atoms with Crippen LogP contribution in [0.15, 0.2) is 24.3 Å². The fourth-order valence-corrected chi connectivity index (χ4v) is 3.43. The van der Waals surface area contributed by atoms with Crippen LogP contribution in [-0.4, -0.2) is 33.8 Å². The molecule has 0 amide bonds. The van der Waals surface area contributed by atoms with Crippen LogP contribution in [0.5, 0.6) is 0 Å². The number of rotatable bonds is 4. The van der Waals surface area contributed by atoms with Crippen LogP contribution in [-0.2, 0) is 13.1 Å². The minimum atomic E-state index is 0.304. The normalized spacial score (nSPS) is 22.0. The molecule has 0 radical (unpaired) electrons. The first-order valence-corrected chi connectivity index (χ1v) is 8.50. The van der Waals surface area contributed by atoms with Crippen LogP contribution in [0.1, 0.15) is 35.0 Å². The first kappa shape index (κ1) is 16.2. The van der Waals surface area contributed by atoms with Gasteiger partial charge >= 0.3 is 0 Å². The highest BCUT2D eigenvalue weighted by molar-refractivity contribution is 5.27. The van der Waals surface area contributed by atoms with Crippen molar-refractivity contribution in [2.75, 3.05) is 13.1 Å². The molecule has 23 heavy (non-hydrogen) atoms. The first-order valence-electron chi connectivity index (χ1n) is 8.50. The van der Waals surface area contributed by atoms with E-state index in [4.69, 9.17) is 10.8 Å². The van der Waals surface area contributed by atoms with Crippen LogP contribution in [0.3, 0.4) is 0 Å². The summed E-state index contributed by atoms with van der Waals surface area (Å²) >= 11 is 0. The zero-order valence-electron chi connectivity index (χ0n) is 14.7. The number of likely N-dealkylation sites (tertiary alicyclic amines) is 1. The zero-order chi connectivity index (χ0) is 16.6. The molecule has 1 saturated heterocycles. The van der Waals surface area contributed by atoms with Gasteiger partial charge in [0.25, 0.3) is 0 Å². The molecule has 2 unspecified atom stereocenters. The lowest BCUT2D eigenvalue weighted by Crippen LogP contribution is -2.28. The van der Waals surface area contributed by atoms with Gasteiger partial charge in [0, 0.05) is 36.9 Å². The van der Waals surface area contributed by atoms with E-state index in [1.54, 1.807) is 0 Å². The number of nitrogens with zero attached hydrogens (tertiary/aromatic N) is 3. The van der Waals surface area contributed by atoms with Crippen molar-refractivity contribution in [1.29, 1.82) is 0 Å². The number of aromatic nitrogens is 2. The molecule has 2 N–H and O–H groups in total. The van der Waals surface area contributed by atoms with Gasteiger partial charge in [-0.1, -0.05) is 36.8 Å². The number of benzene rings is 1. The van der Waals surface area contributed by atoms with E-state index in [1.165, 1.54) is 22.4 Å². The molecule has 1 fully saturated rings. The molecule has 4 heteroatoms. The molecular formula is C19H28N4. The summed E-state index contributed by atoms with van der Waals surface area (Å²) < 4.78 is 2.13. The summed E-state index contributed by atoms with van der Waals surface area (Å²) in [7, 11) is 0. The Kier molecular flexibility index (Phi) is 4.55. The van der Waals surface area contributed by atoms with Crippen LogP contribution >= 0.6 is 0 Å². The molecule has 3 rings (SSSR count). The van der Waals surface area contributed by atoms with Gasteiger partial charge < -0.3 is 5.73 Å². The third kappa shape index (κ3) is 3.48. The maximum Gasteiger partial charge on any atom is 0.0662 e. The van der Waals surface area contributed by atoms with Crippen LogP contribution in [0, 0.1) is 26.7 Å². The highest BCUT2D eigenvalue weighted by Crippen LogP contribution is 2.21. The van der Waals surface area contributed by atoms with E-state index in [-0.39, 0.29) is 0 Å². The summed E-state index contributed by atoms with van der Waals surface area (Å²) in [6.07, 6.45) is 0. The van der Waals surface area contributed by atoms with Gasteiger partial charge in [0.05, 0.1) is 12.2 Å². The minimum Gasteiger partial charge on any atom is -0.326 e. The zero-order valence-corrected chi connectivity index (χ0v) is 14.7. The summed E-state index contributed by atoms with van der Waals surface area (Å²) in [5.41, 5.74) is 12.5. The Bertz CT molecular complexity index is 661. The summed E-state index contributed by atoms with van der Waals surface area (Å²) in [5.74, 6) is 0.582. The van der Waals surface area contributed by atoms with Gasteiger partial charge in [0.15, 0.2) is 0 Å². The standard InChI is InChI=1S/C19H28N4/c1-13-5-7-17(8-6-13)10-23-16(4)18(15(3)21-23)11-22-9-14(2)19(20)12-22/h5-8,14,19H,9-12,20H2,1-4H3. The van der Waals surface area contributed by atoms with Gasteiger partial charge in [-0.2, -0.15) is 5.10 Å². The molecule has 2 heterocycles. The molecule has 1 aliphatic rings. The molecule has 0 saturated carbocycles. The number of nitrogens with two attached hydrogens (primary N) is 1. The Balaban J connectivity index is 1.75. The van der Waals surface area contributed by atoms with Crippen molar-refractivity contribution >= 4 is 0 Å². The van der Waals surface area contributed by atoms with Crippen molar-refractivity contribution in [3.63, 3.8) is 0 Å². The molecule has 4 nitrogen and oxygen atoms in total. The van der Waals surface area contributed by atoms with Crippen molar-refractivity contribution in [3.8, 4) is 0 Å². The molecule has 2 atom stereocenters. The average molecular weight is 312 g/mol. The van der Waals surface area contributed by atoms with Gasteiger partial charge in [0.2, 0.25) is 0 Å². The van der Waals surface area contributed by atoms with Gasteiger partial charge in [-0.25, -0.2) is 0 Å². The SMILES string of the molecule is Cc1ccc(Cn2nc(C)c(CN3CC(C)C(N)C3)c2C)cc1. The van der Waals surface area contributed by atoms with E-state index in [0.717, 1.165) is 31.9 Å². The van der Waals surface area contributed by atoms with Crippen molar-refractivity contribution in [2.45, 2.75) is 46.8 Å². The fourth-order valence-electron chi connectivity index (χ4n) is 3.43. The lowest BCUT2D eigenvalue weighted by Gasteiger charge is -2.15. The highest BCUT2D eigenvalue weighted by atomic mass is 15.3. The number of hydrogen-bond acceptors (Lipinski definition) is 3. The summed E-state index contributed by atoms with van der Waals surface area (Å²) in [4.78, 5) is 2.46. The largest absolute Gasteiger partial charge is 0.326 e. The molecule has 0 spiro atoms. The highest BCUT2D eigenvalue weighted by Gasteiger charge is 2.27. The number of aryl methyl sites for hydroxylation is 2.